The van der Waals surface area contributed by atoms with E-state index in [4.69, 9.17) is 0 Å². The first-order valence-electron chi connectivity index (χ1n) is 7.18. The van der Waals surface area contributed by atoms with Gasteiger partial charge in [-0.05, 0) is 58.8 Å². The number of nitrogens with zero attached hydrogens (tertiary/aromatic N) is 1. The molecule has 0 saturated heterocycles. The van der Waals surface area contributed by atoms with Crippen LogP contribution in [0.25, 0.3) is 0 Å². The van der Waals surface area contributed by atoms with Gasteiger partial charge in [-0.15, -0.1) is 0 Å². The van der Waals surface area contributed by atoms with Crippen LogP contribution in [0.1, 0.15) is 46.0 Å². The van der Waals surface area contributed by atoms with Crippen LogP contribution < -0.4 is 5.32 Å². The molecule has 17 heavy (non-hydrogen) atoms. The second-order valence-electron chi connectivity index (χ2n) is 5.89. The Hall–Kier alpha value is -0.340. The van der Waals surface area contributed by atoms with Crippen molar-refractivity contribution >= 4 is 0 Å². The molecule has 1 aliphatic rings. The van der Waals surface area contributed by atoms with Crippen molar-refractivity contribution in [3.05, 3.63) is 11.6 Å². The average molecular weight is 238 g/mol. The first-order valence-corrected chi connectivity index (χ1v) is 7.18. The van der Waals surface area contributed by atoms with E-state index in [1.54, 1.807) is 5.57 Å². The summed E-state index contributed by atoms with van der Waals surface area (Å²) in [6.45, 7) is 6.90. The van der Waals surface area contributed by atoms with Gasteiger partial charge in [0.1, 0.15) is 0 Å². The Kier molecular flexibility index (Phi) is 6.83. The summed E-state index contributed by atoms with van der Waals surface area (Å²) in [6, 6.07) is 0.660. The molecule has 0 aromatic carbocycles. The van der Waals surface area contributed by atoms with E-state index in [2.05, 4.69) is 44.2 Å². The summed E-state index contributed by atoms with van der Waals surface area (Å²) in [5.74, 6) is 0.689. The van der Waals surface area contributed by atoms with Gasteiger partial charge in [-0.25, -0.2) is 0 Å². The molecule has 1 aliphatic carbocycles. The fourth-order valence-corrected chi connectivity index (χ4v) is 2.57. The number of nitrogens with one attached hydrogen (secondary N) is 1. The Morgan fingerprint density at radius 2 is 2.12 bits per heavy atom. The third-order valence-corrected chi connectivity index (χ3v) is 3.38. The normalized spacial score (nSPS) is 23.9. The van der Waals surface area contributed by atoms with Crippen molar-refractivity contribution in [3.8, 4) is 0 Å². The maximum absolute atomic E-state index is 3.74. The van der Waals surface area contributed by atoms with E-state index >= 15 is 0 Å². The van der Waals surface area contributed by atoms with Crippen molar-refractivity contribution in [2.24, 2.45) is 5.92 Å². The van der Waals surface area contributed by atoms with Crippen LogP contribution in [0, 0.1) is 5.92 Å². The van der Waals surface area contributed by atoms with E-state index in [-0.39, 0.29) is 0 Å². The predicted molar refractivity (Wildman–Crippen MR) is 76.4 cm³/mol. The fraction of sp³-hybridized carbons (Fsp3) is 0.867. The molecule has 1 saturated carbocycles. The highest BCUT2D eigenvalue weighted by Crippen LogP contribution is 2.24. The van der Waals surface area contributed by atoms with Gasteiger partial charge in [-0.2, -0.15) is 0 Å². The Labute approximate surface area is 107 Å². The molecule has 100 valence electrons. The molecule has 1 rings (SSSR count). The van der Waals surface area contributed by atoms with Crippen LogP contribution in [0.2, 0.25) is 0 Å². The zero-order valence-electron chi connectivity index (χ0n) is 12.1. The zero-order chi connectivity index (χ0) is 12.7. The van der Waals surface area contributed by atoms with Crippen LogP contribution >= 0.6 is 0 Å². The highest BCUT2D eigenvalue weighted by Gasteiger charge is 2.17. The summed E-state index contributed by atoms with van der Waals surface area (Å²) in [5, 5.41) is 3.74. The minimum Gasteiger partial charge on any atom is -0.310 e. The van der Waals surface area contributed by atoms with E-state index in [1.165, 1.54) is 38.6 Å². The lowest BCUT2D eigenvalue weighted by Gasteiger charge is -2.27. The summed E-state index contributed by atoms with van der Waals surface area (Å²) in [4.78, 5) is 2.26. The molecule has 2 heteroatoms. The van der Waals surface area contributed by atoms with Crippen LogP contribution in [0.3, 0.4) is 0 Å². The maximum Gasteiger partial charge on any atom is 0.0279 e. The molecular formula is C15H30N2. The van der Waals surface area contributed by atoms with Crippen molar-refractivity contribution < 1.29 is 0 Å². The van der Waals surface area contributed by atoms with Gasteiger partial charge in [0.25, 0.3) is 0 Å². The highest BCUT2D eigenvalue weighted by molar-refractivity contribution is 5.14. The molecule has 1 N–H and O–H groups in total. The molecule has 2 nitrogen and oxygen atoms in total. The van der Waals surface area contributed by atoms with Gasteiger partial charge in [-0.1, -0.05) is 31.9 Å². The molecule has 0 amide bonds. The first-order chi connectivity index (χ1) is 8.09. The van der Waals surface area contributed by atoms with Crippen molar-refractivity contribution in [3.63, 3.8) is 0 Å². The molecule has 0 bridgehead atoms. The monoisotopic (exact) mass is 238 g/mol. The first kappa shape index (κ1) is 14.7. The van der Waals surface area contributed by atoms with E-state index < -0.39 is 0 Å². The third kappa shape index (κ3) is 6.23. The predicted octanol–water partition coefficient (Wildman–Crippen LogP) is 3.05. The Bertz CT molecular complexity index is 231. The van der Waals surface area contributed by atoms with Gasteiger partial charge >= 0.3 is 0 Å². The van der Waals surface area contributed by atoms with Crippen molar-refractivity contribution in [2.45, 2.75) is 52.0 Å². The number of hydrogen-bond acceptors (Lipinski definition) is 2. The van der Waals surface area contributed by atoms with Crippen LogP contribution in [0.4, 0.5) is 0 Å². The summed E-state index contributed by atoms with van der Waals surface area (Å²) >= 11 is 0. The van der Waals surface area contributed by atoms with Crippen LogP contribution in [-0.2, 0) is 0 Å². The van der Waals surface area contributed by atoms with Crippen LogP contribution in [0.15, 0.2) is 11.6 Å². The Morgan fingerprint density at radius 3 is 2.76 bits per heavy atom. The van der Waals surface area contributed by atoms with E-state index in [9.17, 15) is 0 Å². The molecule has 0 unspecified atom stereocenters. The number of hydrogen-bond donors (Lipinski definition) is 1. The van der Waals surface area contributed by atoms with E-state index in [0.29, 0.717) is 12.0 Å². The minimum atomic E-state index is 0.660. The lowest BCUT2D eigenvalue weighted by molar-refractivity contribution is 0.379. The molecule has 0 heterocycles. The van der Waals surface area contributed by atoms with Gasteiger partial charge in [-0.3, -0.25) is 0 Å². The fourth-order valence-electron chi connectivity index (χ4n) is 2.57. The lowest BCUT2D eigenvalue weighted by atomic mass is 9.88. The Morgan fingerprint density at radius 1 is 1.35 bits per heavy atom. The summed E-state index contributed by atoms with van der Waals surface area (Å²) in [7, 11) is 4.29. The van der Waals surface area contributed by atoms with Gasteiger partial charge in [0, 0.05) is 6.04 Å². The standard InChI is InChI=1S/C15H30N2/c1-13(2)12-14-8-5-6-9-15(14)16-10-7-11-17(3)4/h12-13,15-16H,5-11H2,1-4H3/b14-12+/t15-/m0/s1. The molecule has 1 atom stereocenters. The van der Waals surface area contributed by atoms with Crippen LogP contribution in [-0.4, -0.2) is 38.1 Å². The number of allylic oxidation sites excluding steroid dienone is 1. The Balaban J connectivity index is 2.33. The van der Waals surface area contributed by atoms with Crippen molar-refractivity contribution in [1.29, 1.82) is 0 Å². The largest absolute Gasteiger partial charge is 0.310 e. The maximum atomic E-state index is 3.74. The zero-order valence-corrected chi connectivity index (χ0v) is 12.1. The minimum absolute atomic E-state index is 0.660. The summed E-state index contributed by atoms with van der Waals surface area (Å²) < 4.78 is 0. The molecule has 0 spiro atoms. The van der Waals surface area contributed by atoms with Gasteiger partial charge in [0.15, 0.2) is 0 Å². The average Bonchev–Trinajstić information content (AvgIpc) is 2.25. The van der Waals surface area contributed by atoms with Crippen molar-refractivity contribution in [1.82, 2.24) is 10.2 Å². The van der Waals surface area contributed by atoms with Crippen LogP contribution in [0.5, 0.6) is 0 Å². The summed E-state index contributed by atoms with van der Waals surface area (Å²) in [6.07, 6.45) is 9.14. The second kappa shape index (κ2) is 7.88. The molecule has 0 radical (unpaired) electrons. The van der Waals surface area contributed by atoms with Gasteiger partial charge in [0.2, 0.25) is 0 Å². The number of rotatable bonds is 6. The topological polar surface area (TPSA) is 15.3 Å². The molecule has 1 fully saturated rings. The van der Waals surface area contributed by atoms with Crippen molar-refractivity contribution in [2.75, 3.05) is 27.2 Å². The van der Waals surface area contributed by atoms with Gasteiger partial charge < -0.3 is 10.2 Å². The molecule has 0 aliphatic heterocycles. The molecular weight excluding hydrogens is 208 g/mol. The van der Waals surface area contributed by atoms with E-state index in [1.807, 2.05) is 0 Å². The summed E-state index contributed by atoms with van der Waals surface area (Å²) in [5.41, 5.74) is 1.66. The van der Waals surface area contributed by atoms with Gasteiger partial charge in [0.05, 0.1) is 0 Å². The highest BCUT2D eigenvalue weighted by atomic mass is 15.1. The second-order valence-corrected chi connectivity index (χ2v) is 5.89. The third-order valence-electron chi connectivity index (χ3n) is 3.38. The van der Waals surface area contributed by atoms with E-state index in [0.717, 1.165) is 6.54 Å². The smallest absolute Gasteiger partial charge is 0.0279 e. The SMILES string of the molecule is CC(C)/C=C1\CCCC[C@@H]1NCCCN(C)C. The molecule has 0 aromatic rings. The molecule has 0 aromatic heterocycles. The quantitative estimate of drug-likeness (QED) is 0.565. The lowest BCUT2D eigenvalue weighted by Crippen LogP contribution is -2.35.